The molecule has 162 valence electrons. The van der Waals surface area contributed by atoms with Crippen LogP contribution in [-0.2, 0) is 14.8 Å². The Kier molecular flexibility index (Phi) is 7.97. The summed E-state index contributed by atoms with van der Waals surface area (Å²) >= 11 is 1.79. The van der Waals surface area contributed by atoms with Crippen molar-refractivity contribution in [1.29, 1.82) is 0 Å². The van der Waals surface area contributed by atoms with Crippen LogP contribution in [0.5, 0.6) is 0 Å². The summed E-state index contributed by atoms with van der Waals surface area (Å²) in [4.78, 5) is 14.0. The number of nitrogens with one attached hydrogen (secondary N) is 1. The quantitative estimate of drug-likeness (QED) is 0.492. The highest BCUT2D eigenvalue weighted by molar-refractivity contribution is 7.99. The molecule has 1 aliphatic rings. The molecule has 30 heavy (non-hydrogen) atoms. The highest BCUT2D eigenvalue weighted by Crippen LogP contribution is 2.25. The van der Waals surface area contributed by atoms with Crippen molar-refractivity contribution in [3.05, 3.63) is 59.7 Å². The van der Waals surface area contributed by atoms with Crippen molar-refractivity contribution in [1.82, 2.24) is 9.62 Å². The van der Waals surface area contributed by atoms with Gasteiger partial charge in [0, 0.05) is 30.4 Å². The number of aryl methyl sites for hydroxylation is 2. The Hall–Kier alpha value is -1.83. The predicted molar refractivity (Wildman–Crippen MR) is 122 cm³/mol. The summed E-state index contributed by atoms with van der Waals surface area (Å²) in [6, 6.07) is 15.5. The molecule has 2 aromatic carbocycles. The number of carbonyl (C=O) groups is 1. The first-order chi connectivity index (χ1) is 14.4. The molecule has 0 aliphatic carbocycles. The van der Waals surface area contributed by atoms with Gasteiger partial charge in [0.05, 0.1) is 4.90 Å². The maximum atomic E-state index is 12.9. The Morgan fingerprint density at radius 1 is 1.07 bits per heavy atom. The van der Waals surface area contributed by atoms with Gasteiger partial charge in [-0.15, -0.1) is 11.8 Å². The zero-order valence-electron chi connectivity index (χ0n) is 17.6. The van der Waals surface area contributed by atoms with Crippen LogP contribution in [-0.4, -0.2) is 44.0 Å². The Bertz CT molecular complexity index is 954. The molecule has 0 saturated carbocycles. The number of carbonyl (C=O) groups excluding carboxylic acids is 1. The van der Waals surface area contributed by atoms with E-state index in [1.165, 1.54) is 9.20 Å². The second-order valence-corrected chi connectivity index (χ2v) is 10.8. The van der Waals surface area contributed by atoms with Gasteiger partial charge in [0.25, 0.3) is 0 Å². The van der Waals surface area contributed by atoms with E-state index in [0.717, 1.165) is 23.3 Å². The molecular weight excluding hydrogens is 416 g/mol. The number of rotatable bonds is 8. The van der Waals surface area contributed by atoms with E-state index in [2.05, 4.69) is 17.4 Å². The Morgan fingerprint density at radius 2 is 1.77 bits per heavy atom. The number of thioether (sulfide) groups is 1. The molecule has 1 fully saturated rings. The monoisotopic (exact) mass is 446 g/mol. The van der Waals surface area contributed by atoms with E-state index >= 15 is 0 Å². The summed E-state index contributed by atoms with van der Waals surface area (Å²) in [5.74, 6) is 0.887. The maximum Gasteiger partial charge on any atom is 0.243 e. The molecule has 1 heterocycles. The van der Waals surface area contributed by atoms with Gasteiger partial charge in [-0.05, 0) is 74.3 Å². The SMILES string of the molecule is Cc1ccc(S(=O)(=O)N2CCC(C(=O)NCCCSc3ccccc3)CC2)cc1C. The van der Waals surface area contributed by atoms with Gasteiger partial charge in [0.2, 0.25) is 15.9 Å². The van der Waals surface area contributed by atoms with Crippen LogP contribution in [0.1, 0.15) is 30.4 Å². The number of hydrogen-bond donors (Lipinski definition) is 1. The van der Waals surface area contributed by atoms with Gasteiger partial charge >= 0.3 is 0 Å². The molecule has 0 spiro atoms. The first-order valence-corrected chi connectivity index (χ1v) is 12.8. The minimum absolute atomic E-state index is 0.0444. The van der Waals surface area contributed by atoms with Crippen molar-refractivity contribution in [3.63, 3.8) is 0 Å². The lowest BCUT2D eigenvalue weighted by atomic mass is 9.97. The standard InChI is InChI=1S/C23H30N2O3S2/c1-18-9-10-22(17-19(18)2)30(27,28)25-14-11-20(12-15-25)23(26)24-13-6-16-29-21-7-4-3-5-8-21/h3-5,7-10,17,20H,6,11-16H2,1-2H3,(H,24,26). The zero-order chi connectivity index (χ0) is 21.6. The molecular formula is C23H30N2O3S2. The van der Waals surface area contributed by atoms with Gasteiger partial charge in [0.15, 0.2) is 0 Å². The van der Waals surface area contributed by atoms with Crippen LogP contribution in [0.3, 0.4) is 0 Å². The third-order valence-corrected chi connectivity index (χ3v) is 8.57. The number of piperidine rings is 1. The van der Waals surface area contributed by atoms with E-state index in [1.807, 2.05) is 38.1 Å². The third kappa shape index (κ3) is 5.86. The van der Waals surface area contributed by atoms with Crippen molar-refractivity contribution >= 4 is 27.7 Å². The molecule has 0 aromatic heterocycles. The van der Waals surface area contributed by atoms with Crippen molar-refractivity contribution in [3.8, 4) is 0 Å². The van der Waals surface area contributed by atoms with Gasteiger partial charge in [-0.25, -0.2) is 8.42 Å². The smallest absolute Gasteiger partial charge is 0.243 e. The lowest BCUT2D eigenvalue weighted by molar-refractivity contribution is -0.126. The van der Waals surface area contributed by atoms with E-state index in [9.17, 15) is 13.2 Å². The largest absolute Gasteiger partial charge is 0.356 e. The molecule has 0 unspecified atom stereocenters. The normalized spacial score (nSPS) is 15.8. The van der Waals surface area contributed by atoms with Crippen molar-refractivity contribution in [2.45, 2.75) is 42.9 Å². The molecule has 0 radical (unpaired) electrons. The second-order valence-electron chi connectivity index (χ2n) is 7.73. The fraction of sp³-hybridized carbons (Fsp3) is 0.435. The molecule has 2 aromatic rings. The average Bonchev–Trinajstić information content (AvgIpc) is 2.76. The molecule has 3 rings (SSSR count). The van der Waals surface area contributed by atoms with Crippen molar-refractivity contribution in [2.75, 3.05) is 25.4 Å². The third-order valence-electron chi connectivity index (χ3n) is 5.57. The molecule has 1 aliphatic heterocycles. The summed E-state index contributed by atoms with van der Waals surface area (Å²) in [5.41, 5.74) is 2.04. The number of hydrogen-bond acceptors (Lipinski definition) is 4. The van der Waals surface area contributed by atoms with Gasteiger partial charge in [-0.3, -0.25) is 4.79 Å². The van der Waals surface area contributed by atoms with Crippen LogP contribution < -0.4 is 5.32 Å². The summed E-state index contributed by atoms with van der Waals surface area (Å²) in [5, 5.41) is 3.02. The fourth-order valence-corrected chi connectivity index (χ4v) is 5.95. The van der Waals surface area contributed by atoms with Crippen LogP contribution in [0.15, 0.2) is 58.3 Å². The van der Waals surface area contributed by atoms with Gasteiger partial charge in [0.1, 0.15) is 0 Å². The van der Waals surface area contributed by atoms with E-state index in [-0.39, 0.29) is 11.8 Å². The summed E-state index contributed by atoms with van der Waals surface area (Å²) in [7, 11) is -3.50. The van der Waals surface area contributed by atoms with E-state index in [0.29, 0.717) is 37.4 Å². The number of sulfonamides is 1. The molecule has 0 bridgehead atoms. The zero-order valence-corrected chi connectivity index (χ0v) is 19.3. The highest BCUT2D eigenvalue weighted by Gasteiger charge is 2.32. The Labute approximate surface area is 184 Å². The molecule has 7 heteroatoms. The lowest BCUT2D eigenvalue weighted by Gasteiger charge is -2.30. The van der Waals surface area contributed by atoms with Gasteiger partial charge < -0.3 is 5.32 Å². The van der Waals surface area contributed by atoms with Crippen LogP contribution in [0, 0.1) is 19.8 Å². The number of amides is 1. The van der Waals surface area contributed by atoms with Crippen LogP contribution in [0.2, 0.25) is 0 Å². The predicted octanol–water partition coefficient (Wildman–Crippen LogP) is 4.00. The lowest BCUT2D eigenvalue weighted by Crippen LogP contribution is -2.43. The number of benzene rings is 2. The average molecular weight is 447 g/mol. The fourth-order valence-electron chi connectivity index (χ4n) is 3.52. The summed E-state index contributed by atoms with van der Waals surface area (Å²) < 4.78 is 27.3. The molecule has 5 nitrogen and oxygen atoms in total. The van der Waals surface area contributed by atoms with Crippen LogP contribution >= 0.6 is 11.8 Å². The van der Waals surface area contributed by atoms with E-state index in [4.69, 9.17) is 0 Å². The molecule has 1 amide bonds. The topological polar surface area (TPSA) is 66.5 Å². The van der Waals surface area contributed by atoms with Crippen LogP contribution in [0.25, 0.3) is 0 Å². The van der Waals surface area contributed by atoms with Crippen molar-refractivity contribution in [2.24, 2.45) is 5.92 Å². The first-order valence-electron chi connectivity index (χ1n) is 10.4. The molecule has 1 N–H and O–H groups in total. The molecule has 1 saturated heterocycles. The Morgan fingerprint density at radius 3 is 2.43 bits per heavy atom. The minimum atomic E-state index is -3.50. The maximum absolute atomic E-state index is 12.9. The number of nitrogens with zero attached hydrogens (tertiary/aromatic N) is 1. The second kappa shape index (κ2) is 10.5. The van der Waals surface area contributed by atoms with Crippen LogP contribution in [0.4, 0.5) is 0 Å². The van der Waals surface area contributed by atoms with Crippen molar-refractivity contribution < 1.29 is 13.2 Å². The van der Waals surface area contributed by atoms with E-state index in [1.54, 1.807) is 23.9 Å². The molecule has 0 atom stereocenters. The summed E-state index contributed by atoms with van der Waals surface area (Å²) in [6.45, 7) is 5.31. The van der Waals surface area contributed by atoms with Gasteiger partial charge in [-0.1, -0.05) is 24.3 Å². The minimum Gasteiger partial charge on any atom is -0.356 e. The summed E-state index contributed by atoms with van der Waals surface area (Å²) in [6.07, 6.45) is 2.04. The first kappa shape index (κ1) is 22.8. The Balaban J connectivity index is 1.42. The van der Waals surface area contributed by atoms with E-state index < -0.39 is 10.0 Å². The highest BCUT2D eigenvalue weighted by atomic mass is 32.2. The van der Waals surface area contributed by atoms with Gasteiger partial charge in [-0.2, -0.15) is 4.31 Å².